The van der Waals surface area contributed by atoms with Gasteiger partial charge in [0.05, 0.1) is 31.3 Å². The zero-order chi connectivity index (χ0) is 30.7. The van der Waals surface area contributed by atoms with Crippen LogP contribution in [0.2, 0.25) is 0 Å². The van der Waals surface area contributed by atoms with Crippen molar-refractivity contribution in [2.75, 3.05) is 33.9 Å². The molecule has 1 aromatic rings. The number of allylic oxidation sites excluding steroid dienone is 1. The highest BCUT2D eigenvalue weighted by atomic mass is 16.7. The van der Waals surface area contributed by atoms with Gasteiger partial charge in [-0.1, -0.05) is 51.0 Å². The van der Waals surface area contributed by atoms with E-state index in [0.717, 1.165) is 42.4 Å². The van der Waals surface area contributed by atoms with E-state index >= 15 is 0 Å². The molecule has 236 valence electrons. The first kappa shape index (κ1) is 30.8. The number of fused-ring (bicyclic) bond motifs is 2. The van der Waals surface area contributed by atoms with Gasteiger partial charge in [0.25, 0.3) is 0 Å². The molecule has 1 aromatic carbocycles. The average Bonchev–Trinajstić information content (AvgIpc) is 3.51. The summed E-state index contributed by atoms with van der Waals surface area (Å²) in [5.41, 5.74) is -0.783. The van der Waals surface area contributed by atoms with Crippen LogP contribution < -0.4 is 4.74 Å². The first-order valence-corrected chi connectivity index (χ1v) is 16.1. The highest BCUT2D eigenvalue weighted by Gasteiger charge is 2.84. The Morgan fingerprint density at radius 1 is 1.19 bits per heavy atom. The molecule has 4 bridgehead atoms. The lowest BCUT2D eigenvalue weighted by molar-refractivity contribution is -0.220. The van der Waals surface area contributed by atoms with Crippen LogP contribution >= 0.6 is 0 Å². The third kappa shape index (κ3) is 4.38. The molecular formula is C35H49NO7. The van der Waals surface area contributed by atoms with Gasteiger partial charge < -0.3 is 28.8 Å². The number of ether oxygens (including phenoxy) is 4. The van der Waals surface area contributed by atoms with E-state index in [0.29, 0.717) is 37.9 Å². The minimum absolute atomic E-state index is 0.00758. The van der Waals surface area contributed by atoms with E-state index in [-0.39, 0.29) is 36.6 Å². The lowest BCUT2D eigenvalue weighted by Crippen LogP contribution is -2.63. The number of methoxy groups -OCH3 is 2. The van der Waals surface area contributed by atoms with Crippen molar-refractivity contribution in [3.63, 3.8) is 0 Å². The van der Waals surface area contributed by atoms with Crippen molar-refractivity contribution in [1.29, 1.82) is 0 Å². The van der Waals surface area contributed by atoms with Crippen molar-refractivity contribution >= 4 is 12.3 Å². The topological polar surface area (TPSA) is 94.5 Å². The Kier molecular flexibility index (Phi) is 8.06. The van der Waals surface area contributed by atoms with Crippen LogP contribution in [0.4, 0.5) is 0 Å². The number of hydrogen-bond donors (Lipinski definition) is 1. The highest BCUT2D eigenvalue weighted by molar-refractivity contribution is 5.90. The van der Waals surface area contributed by atoms with Crippen molar-refractivity contribution in [3.8, 4) is 5.75 Å². The van der Waals surface area contributed by atoms with Gasteiger partial charge in [0.2, 0.25) is 0 Å². The highest BCUT2D eigenvalue weighted by Crippen LogP contribution is 2.82. The van der Waals surface area contributed by atoms with E-state index in [1.54, 1.807) is 14.2 Å². The van der Waals surface area contributed by atoms with Gasteiger partial charge in [0.15, 0.2) is 6.29 Å². The molecule has 1 saturated heterocycles. The molecule has 0 radical (unpaired) electrons. The Labute approximate surface area is 256 Å². The maximum Gasteiger partial charge on any atom is 0.315 e. The first-order chi connectivity index (χ1) is 20.6. The van der Waals surface area contributed by atoms with Gasteiger partial charge in [0.1, 0.15) is 17.5 Å². The molecule has 4 fully saturated rings. The van der Waals surface area contributed by atoms with Gasteiger partial charge in [-0.2, -0.15) is 0 Å². The number of benzene rings is 1. The summed E-state index contributed by atoms with van der Waals surface area (Å²) >= 11 is 0. The van der Waals surface area contributed by atoms with E-state index in [9.17, 15) is 14.7 Å². The predicted molar refractivity (Wildman–Crippen MR) is 161 cm³/mol. The van der Waals surface area contributed by atoms with E-state index in [1.165, 1.54) is 0 Å². The molecule has 6 rings (SSSR count). The van der Waals surface area contributed by atoms with Gasteiger partial charge in [-0.15, -0.1) is 0 Å². The Bertz CT molecular complexity index is 1260. The summed E-state index contributed by atoms with van der Waals surface area (Å²) in [6.07, 6.45) is 5.73. The monoisotopic (exact) mass is 595 g/mol. The second-order valence-electron chi connectivity index (χ2n) is 14.4. The molecule has 1 aliphatic heterocycles. The van der Waals surface area contributed by atoms with Gasteiger partial charge >= 0.3 is 5.97 Å². The molecule has 3 saturated carbocycles. The largest absolute Gasteiger partial charge is 0.497 e. The molecule has 4 unspecified atom stereocenters. The normalized spacial score (nSPS) is 42.0. The van der Waals surface area contributed by atoms with Crippen molar-refractivity contribution < 1.29 is 33.6 Å². The van der Waals surface area contributed by atoms with Gasteiger partial charge in [-0.05, 0) is 73.5 Å². The molecule has 10 atom stereocenters. The third-order valence-corrected chi connectivity index (χ3v) is 12.2. The number of carboxylic acids is 1. The number of carbonyl (C=O) groups excluding carboxylic acids is 1. The number of rotatable bonds is 10. The summed E-state index contributed by atoms with van der Waals surface area (Å²) in [5, 5.41) is 11.3. The number of carboxylic acid groups (broad SMARTS) is 1. The molecule has 1 heterocycles. The van der Waals surface area contributed by atoms with Gasteiger partial charge in [-0.3, -0.25) is 9.69 Å². The Balaban J connectivity index is 1.33. The summed E-state index contributed by atoms with van der Waals surface area (Å²) in [5.74, 6) is 0.874. The lowest BCUT2D eigenvalue weighted by atomic mass is 9.43. The number of nitrogens with zero attached hydrogens (tertiary/aromatic N) is 1. The van der Waals surface area contributed by atoms with E-state index in [4.69, 9.17) is 18.9 Å². The molecule has 5 aliphatic rings. The molecular weight excluding hydrogens is 546 g/mol. The minimum Gasteiger partial charge on any atom is -0.497 e. The fourth-order valence-electron chi connectivity index (χ4n) is 10.5. The fraction of sp³-hybridized carbons (Fsp3) is 0.714. The first-order valence-electron chi connectivity index (χ1n) is 16.1. The summed E-state index contributed by atoms with van der Waals surface area (Å²) < 4.78 is 24.6. The maximum atomic E-state index is 13.8. The lowest BCUT2D eigenvalue weighted by Gasteiger charge is -2.58. The van der Waals surface area contributed by atoms with Crippen LogP contribution in [0.15, 0.2) is 35.9 Å². The van der Waals surface area contributed by atoms with Crippen molar-refractivity contribution in [1.82, 2.24) is 4.90 Å². The number of aldehydes is 1. The SMILES string of the molecule is COc1cccc(CN2C[C@H](OCC34C[C@@H]5[C@H](C)CC[C@H]5C5(C=O)CC3C=C(C(C)C)C45C(=O)O)O[C@H](C)[C@@H](OC)C2)c1. The summed E-state index contributed by atoms with van der Waals surface area (Å²) in [4.78, 5) is 29.4. The van der Waals surface area contributed by atoms with Crippen LogP contribution in [0.3, 0.4) is 0 Å². The van der Waals surface area contributed by atoms with Crippen LogP contribution in [0.5, 0.6) is 5.75 Å². The van der Waals surface area contributed by atoms with Crippen LogP contribution in [0.1, 0.15) is 58.9 Å². The van der Waals surface area contributed by atoms with Gasteiger partial charge in [-0.25, -0.2) is 0 Å². The smallest absolute Gasteiger partial charge is 0.315 e. The van der Waals surface area contributed by atoms with Crippen LogP contribution in [0, 0.1) is 45.8 Å². The Hall–Kier alpha value is -2.26. The fourth-order valence-corrected chi connectivity index (χ4v) is 10.5. The summed E-state index contributed by atoms with van der Waals surface area (Å²) in [6, 6.07) is 8.05. The average molecular weight is 596 g/mol. The predicted octanol–water partition coefficient (Wildman–Crippen LogP) is 5.20. The second kappa shape index (κ2) is 11.3. The van der Waals surface area contributed by atoms with Crippen LogP contribution in [0.25, 0.3) is 0 Å². The standard InChI is InChI=1S/C35H49NO7/c1-21(2)29-13-25-14-33(19-37)28-11-10-22(3)27(28)15-34(25,35(29,33)32(38)39)20-42-31-18-36(17-30(41-6)23(4)43-31)16-24-8-7-9-26(12-24)40-5/h7-9,12-13,19,21-23,25,27-28,30-31H,10-11,14-18,20H2,1-6H3,(H,38,39)/t22-,23-,25?,27-,28-,30+,31-,33?,34?,35?/m1/s1. The molecule has 8 heteroatoms. The van der Waals surface area contributed by atoms with Crippen LogP contribution in [-0.2, 0) is 30.3 Å². The number of aliphatic carboxylic acids is 1. The quantitative estimate of drug-likeness (QED) is 0.292. The zero-order valence-corrected chi connectivity index (χ0v) is 26.6. The molecule has 0 aromatic heterocycles. The zero-order valence-electron chi connectivity index (χ0n) is 26.6. The summed E-state index contributed by atoms with van der Waals surface area (Å²) in [7, 11) is 3.38. The Morgan fingerprint density at radius 3 is 2.65 bits per heavy atom. The molecule has 43 heavy (non-hydrogen) atoms. The molecule has 4 aliphatic carbocycles. The van der Waals surface area contributed by atoms with Crippen molar-refractivity contribution in [2.24, 2.45) is 45.8 Å². The molecule has 0 spiro atoms. The van der Waals surface area contributed by atoms with E-state index in [1.807, 2.05) is 25.1 Å². The van der Waals surface area contributed by atoms with Crippen molar-refractivity contribution in [2.45, 2.75) is 78.4 Å². The second-order valence-corrected chi connectivity index (χ2v) is 14.4. The van der Waals surface area contributed by atoms with Crippen LogP contribution in [-0.4, -0.2) is 74.7 Å². The van der Waals surface area contributed by atoms with E-state index in [2.05, 4.69) is 37.8 Å². The third-order valence-electron chi connectivity index (χ3n) is 12.2. The molecule has 0 amide bonds. The van der Waals surface area contributed by atoms with Gasteiger partial charge in [0, 0.05) is 32.2 Å². The number of carbonyl (C=O) groups is 2. The molecule has 1 N–H and O–H groups in total. The summed E-state index contributed by atoms with van der Waals surface area (Å²) in [6.45, 7) is 10.6. The maximum absolute atomic E-state index is 13.8. The Morgan fingerprint density at radius 2 is 1.98 bits per heavy atom. The number of hydrogen-bond acceptors (Lipinski definition) is 7. The van der Waals surface area contributed by atoms with Crippen molar-refractivity contribution in [3.05, 3.63) is 41.5 Å². The molecule has 8 nitrogen and oxygen atoms in total. The van der Waals surface area contributed by atoms with E-state index < -0.39 is 28.5 Å². The minimum atomic E-state index is -1.25.